The SMILES string of the molecule is CC1CN(c2ccc(CN)c(C(F)(F)F)c2)C1. The van der Waals surface area contributed by atoms with E-state index in [0.717, 1.165) is 13.1 Å². The highest BCUT2D eigenvalue weighted by Crippen LogP contribution is 2.35. The highest BCUT2D eigenvalue weighted by atomic mass is 19.4. The Morgan fingerprint density at radius 2 is 2.00 bits per heavy atom. The number of anilines is 1. The van der Waals surface area contributed by atoms with E-state index in [4.69, 9.17) is 5.73 Å². The molecule has 94 valence electrons. The molecule has 1 saturated heterocycles. The summed E-state index contributed by atoms with van der Waals surface area (Å²) in [5, 5.41) is 0. The zero-order valence-corrected chi connectivity index (χ0v) is 9.59. The van der Waals surface area contributed by atoms with E-state index in [1.54, 1.807) is 6.07 Å². The van der Waals surface area contributed by atoms with Crippen LogP contribution in [0.1, 0.15) is 18.1 Å². The molecule has 0 aromatic heterocycles. The van der Waals surface area contributed by atoms with Gasteiger partial charge in [0.1, 0.15) is 0 Å². The van der Waals surface area contributed by atoms with Gasteiger partial charge in [0.05, 0.1) is 5.56 Å². The monoisotopic (exact) mass is 244 g/mol. The van der Waals surface area contributed by atoms with Crippen molar-refractivity contribution in [2.75, 3.05) is 18.0 Å². The summed E-state index contributed by atoms with van der Waals surface area (Å²) in [6, 6.07) is 4.39. The Hall–Kier alpha value is -1.23. The van der Waals surface area contributed by atoms with Gasteiger partial charge in [0.15, 0.2) is 0 Å². The maximum absolute atomic E-state index is 12.8. The van der Waals surface area contributed by atoms with Gasteiger partial charge in [-0.2, -0.15) is 13.2 Å². The van der Waals surface area contributed by atoms with Crippen molar-refractivity contribution in [3.05, 3.63) is 29.3 Å². The van der Waals surface area contributed by atoms with Crippen LogP contribution in [0.15, 0.2) is 18.2 Å². The van der Waals surface area contributed by atoms with Gasteiger partial charge in [0.2, 0.25) is 0 Å². The van der Waals surface area contributed by atoms with Gasteiger partial charge in [-0.1, -0.05) is 13.0 Å². The van der Waals surface area contributed by atoms with E-state index in [-0.39, 0.29) is 12.1 Å². The summed E-state index contributed by atoms with van der Waals surface area (Å²) in [5.41, 5.74) is 5.49. The van der Waals surface area contributed by atoms with Gasteiger partial charge in [0, 0.05) is 25.3 Å². The van der Waals surface area contributed by atoms with Crippen molar-refractivity contribution in [2.45, 2.75) is 19.6 Å². The molecule has 1 aliphatic rings. The molecule has 0 bridgehead atoms. The standard InChI is InChI=1S/C12H15F3N2/c1-8-6-17(7-8)10-3-2-9(5-16)11(4-10)12(13,14)15/h2-4,8H,5-7,16H2,1H3. The topological polar surface area (TPSA) is 29.3 Å². The number of nitrogens with two attached hydrogens (primary N) is 1. The number of hydrogen-bond donors (Lipinski definition) is 1. The molecular formula is C12H15F3N2. The molecule has 2 nitrogen and oxygen atoms in total. The lowest BCUT2D eigenvalue weighted by Gasteiger charge is -2.39. The molecule has 0 atom stereocenters. The third kappa shape index (κ3) is 2.39. The summed E-state index contributed by atoms with van der Waals surface area (Å²) >= 11 is 0. The van der Waals surface area contributed by atoms with Crippen molar-refractivity contribution in [2.24, 2.45) is 11.7 Å². The first-order valence-corrected chi connectivity index (χ1v) is 5.57. The molecule has 1 heterocycles. The van der Waals surface area contributed by atoms with E-state index in [1.165, 1.54) is 12.1 Å². The maximum atomic E-state index is 12.8. The van der Waals surface area contributed by atoms with Crippen LogP contribution in [-0.2, 0) is 12.7 Å². The van der Waals surface area contributed by atoms with Crippen molar-refractivity contribution in [1.82, 2.24) is 0 Å². The fraction of sp³-hybridized carbons (Fsp3) is 0.500. The lowest BCUT2D eigenvalue weighted by atomic mass is 9.99. The smallest absolute Gasteiger partial charge is 0.371 e. The Balaban J connectivity index is 2.32. The van der Waals surface area contributed by atoms with E-state index < -0.39 is 11.7 Å². The third-order valence-electron chi connectivity index (χ3n) is 3.05. The van der Waals surface area contributed by atoms with Crippen LogP contribution >= 0.6 is 0 Å². The van der Waals surface area contributed by atoms with Gasteiger partial charge >= 0.3 is 6.18 Å². The van der Waals surface area contributed by atoms with Crippen LogP contribution in [0.3, 0.4) is 0 Å². The van der Waals surface area contributed by atoms with E-state index in [9.17, 15) is 13.2 Å². The van der Waals surface area contributed by atoms with Gasteiger partial charge in [0.25, 0.3) is 0 Å². The average Bonchev–Trinajstić information content (AvgIpc) is 2.23. The van der Waals surface area contributed by atoms with Crippen LogP contribution in [0, 0.1) is 5.92 Å². The second kappa shape index (κ2) is 4.22. The zero-order valence-electron chi connectivity index (χ0n) is 9.59. The molecule has 2 rings (SSSR count). The first-order chi connectivity index (χ1) is 7.91. The predicted octanol–water partition coefficient (Wildman–Crippen LogP) is 2.62. The van der Waals surface area contributed by atoms with Crippen molar-refractivity contribution in [3.63, 3.8) is 0 Å². The van der Waals surface area contributed by atoms with E-state index in [1.807, 2.05) is 4.90 Å². The Kier molecular flexibility index (Phi) is 3.03. The molecule has 0 amide bonds. The summed E-state index contributed by atoms with van der Waals surface area (Å²) in [6.07, 6.45) is -4.33. The van der Waals surface area contributed by atoms with Crippen LogP contribution in [0.2, 0.25) is 0 Å². The van der Waals surface area contributed by atoms with E-state index in [2.05, 4.69) is 6.92 Å². The van der Waals surface area contributed by atoms with Gasteiger partial charge in [-0.25, -0.2) is 0 Å². The van der Waals surface area contributed by atoms with Crippen LogP contribution in [0.4, 0.5) is 18.9 Å². The molecule has 2 N–H and O–H groups in total. The number of nitrogens with zero attached hydrogens (tertiary/aromatic N) is 1. The van der Waals surface area contributed by atoms with Gasteiger partial charge in [-0.3, -0.25) is 0 Å². The Labute approximate surface area is 98.2 Å². The van der Waals surface area contributed by atoms with Crippen molar-refractivity contribution >= 4 is 5.69 Å². The van der Waals surface area contributed by atoms with E-state index >= 15 is 0 Å². The lowest BCUT2D eigenvalue weighted by Crippen LogP contribution is -2.45. The van der Waals surface area contributed by atoms with Crippen molar-refractivity contribution in [1.29, 1.82) is 0 Å². The summed E-state index contributed by atoms with van der Waals surface area (Å²) in [7, 11) is 0. The highest BCUT2D eigenvalue weighted by molar-refractivity contribution is 5.53. The molecule has 1 aliphatic heterocycles. The number of hydrogen-bond acceptors (Lipinski definition) is 2. The molecule has 1 aromatic carbocycles. The molecule has 17 heavy (non-hydrogen) atoms. The molecule has 0 saturated carbocycles. The fourth-order valence-electron chi connectivity index (χ4n) is 2.11. The van der Waals surface area contributed by atoms with Crippen LogP contribution < -0.4 is 10.6 Å². The molecule has 0 radical (unpaired) electrons. The highest BCUT2D eigenvalue weighted by Gasteiger charge is 2.34. The first-order valence-electron chi connectivity index (χ1n) is 5.57. The van der Waals surface area contributed by atoms with Gasteiger partial charge in [-0.15, -0.1) is 0 Å². The average molecular weight is 244 g/mol. The maximum Gasteiger partial charge on any atom is 0.416 e. The Morgan fingerprint density at radius 1 is 1.35 bits per heavy atom. The van der Waals surface area contributed by atoms with Gasteiger partial charge < -0.3 is 10.6 Å². The summed E-state index contributed by atoms with van der Waals surface area (Å²) in [5.74, 6) is 0.554. The molecular weight excluding hydrogens is 229 g/mol. The minimum atomic E-state index is -4.33. The van der Waals surface area contributed by atoms with Crippen molar-refractivity contribution < 1.29 is 13.2 Å². The van der Waals surface area contributed by atoms with Crippen LogP contribution in [0.25, 0.3) is 0 Å². The number of halogens is 3. The van der Waals surface area contributed by atoms with E-state index in [0.29, 0.717) is 11.6 Å². The summed E-state index contributed by atoms with van der Waals surface area (Å²) in [4.78, 5) is 1.94. The predicted molar refractivity (Wildman–Crippen MR) is 60.7 cm³/mol. The normalized spacial score (nSPS) is 17.1. The largest absolute Gasteiger partial charge is 0.416 e. The molecule has 1 fully saturated rings. The minimum absolute atomic E-state index is 0.0917. The second-order valence-corrected chi connectivity index (χ2v) is 4.55. The first kappa shape index (κ1) is 12.2. The van der Waals surface area contributed by atoms with Crippen molar-refractivity contribution in [3.8, 4) is 0 Å². The summed E-state index contributed by atoms with van der Waals surface area (Å²) < 4.78 is 38.4. The van der Waals surface area contributed by atoms with Crippen LogP contribution in [-0.4, -0.2) is 13.1 Å². The molecule has 5 heteroatoms. The quantitative estimate of drug-likeness (QED) is 0.866. The second-order valence-electron chi connectivity index (χ2n) is 4.55. The number of benzene rings is 1. The molecule has 0 spiro atoms. The zero-order chi connectivity index (χ0) is 12.6. The minimum Gasteiger partial charge on any atom is -0.371 e. The molecule has 1 aromatic rings. The summed E-state index contributed by atoms with van der Waals surface area (Å²) in [6.45, 7) is 3.62. The van der Waals surface area contributed by atoms with Gasteiger partial charge in [-0.05, 0) is 23.6 Å². The fourth-order valence-corrected chi connectivity index (χ4v) is 2.11. The molecule has 0 unspecified atom stereocenters. The number of alkyl halides is 3. The third-order valence-corrected chi connectivity index (χ3v) is 3.05. The molecule has 0 aliphatic carbocycles. The lowest BCUT2D eigenvalue weighted by molar-refractivity contribution is -0.138. The van der Waals surface area contributed by atoms with Crippen LogP contribution in [0.5, 0.6) is 0 Å². The Bertz CT molecular complexity index is 409. The number of rotatable bonds is 2. The Morgan fingerprint density at radius 3 is 2.47 bits per heavy atom.